The molecule has 0 radical (unpaired) electrons. The minimum atomic E-state index is -1.50. The highest BCUT2D eigenvalue weighted by atomic mass is 31.2. The van der Waals surface area contributed by atoms with Gasteiger partial charge < -0.3 is 12.0 Å². The molecule has 0 bridgehead atoms. The molecule has 0 fully saturated rings. The molecule has 28 heavy (non-hydrogen) atoms. The summed E-state index contributed by atoms with van der Waals surface area (Å²) >= 11 is 0. The summed E-state index contributed by atoms with van der Waals surface area (Å²) in [6.07, 6.45) is 0. The summed E-state index contributed by atoms with van der Waals surface area (Å²) in [7, 11) is -9.39. The van der Waals surface area contributed by atoms with Crippen LogP contribution < -0.4 is 0 Å². The Morgan fingerprint density at radius 2 is 0.393 bits per heavy atom. The Morgan fingerprint density at radius 3 is 0.464 bits per heavy atom. The van der Waals surface area contributed by atoms with Crippen molar-refractivity contribution in [1.82, 2.24) is 12.0 Å². The minimum absolute atomic E-state index is 0.409. The first-order chi connectivity index (χ1) is 11.7. The van der Waals surface area contributed by atoms with Gasteiger partial charge in [-0.3, -0.25) is 0 Å². The van der Waals surface area contributed by atoms with Crippen molar-refractivity contribution in [2.45, 2.75) is 118 Å². The van der Waals surface area contributed by atoms with Crippen molar-refractivity contribution < 1.29 is 0 Å². The molecule has 0 aliphatic heterocycles. The molecule has 170 valence electrons. The molecule has 0 aliphatic carbocycles. The average molecular weight is 512 g/mol. The summed E-state index contributed by atoms with van der Waals surface area (Å²) < 4.78 is 9.63. The Balaban J connectivity index is 7.30. The summed E-state index contributed by atoms with van der Waals surface area (Å²) in [4.78, 5) is 0. The summed E-state index contributed by atoms with van der Waals surface area (Å²) in [6, 6.07) is 0. The maximum Gasteiger partial charge on any atom is 0.118 e. The zero-order valence-corrected chi connectivity index (χ0v) is 29.7. The summed E-state index contributed by atoms with van der Waals surface area (Å²) in [5, 5.41) is 0. The highest BCUT2D eigenvalue weighted by Crippen LogP contribution is 2.60. The van der Waals surface area contributed by atoms with Crippen molar-refractivity contribution in [2.75, 3.05) is 0 Å². The van der Waals surface area contributed by atoms with Crippen LogP contribution in [0.1, 0.15) is 0 Å². The standard InChI is InChI=1S/C18H54N3PSi6/c1-23(2,3)19(24(4,5)6)22(20(25(7,8)9)26(10,11)12)21(27(13,14)15)28(16,17)18/h1-18H3. The van der Waals surface area contributed by atoms with Gasteiger partial charge in [0.1, 0.15) is 49.4 Å². The Morgan fingerprint density at radius 1 is 0.286 bits per heavy atom. The molecular formula is C18H54N3PSi6. The Hall–Kier alpha value is 1.61. The zero-order chi connectivity index (χ0) is 23.3. The van der Waals surface area contributed by atoms with Crippen LogP contribution in [0, 0.1) is 0 Å². The minimum Gasteiger partial charge on any atom is -0.302 e. The van der Waals surface area contributed by atoms with Gasteiger partial charge in [0.2, 0.25) is 0 Å². The molecule has 0 aromatic carbocycles. The van der Waals surface area contributed by atoms with E-state index in [0.29, 0.717) is 0 Å². The molecule has 0 aromatic heterocycles. The molecule has 0 aromatic rings. The van der Waals surface area contributed by atoms with Gasteiger partial charge in [-0.05, 0) is 0 Å². The molecule has 0 unspecified atom stereocenters. The highest BCUT2D eigenvalue weighted by molar-refractivity contribution is 7.64. The third-order valence-electron chi connectivity index (χ3n) is 4.35. The van der Waals surface area contributed by atoms with Gasteiger partial charge in [-0.2, -0.15) is 0 Å². The van der Waals surface area contributed by atoms with Crippen molar-refractivity contribution in [3.8, 4) is 0 Å². The van der Waals surface area contributed by atoms with Crippen LogP contribution in [0.4, 0.5) is 0 Å². The van der Waals surface area contributed by atoms with Crippen molar-refractivity contribution in [3.63, 3.8) is 0 Å². The van der Waals surface area contributed by atoms with Gasteiger partial charge in [0.25, 0.3) is 0 Å². The van der Waals surface area contributed by atoms with Gasteiger partial charge in [-0.1, -0.05) is 118 Å². The van der Waals surface area contributed by atoms with Gasteiger partial charge in [0.05, 0.1) is 8.37 Å². The fraction of sp³-hybridized carbons (Fsp3) is 1.00. The summed E-state index contributed by atoms with van der Waals surface area (Å²) in [6.45, 7) is 47.0. The second-order valence-electron chi connectivity index (χ2n) is 14.2. The first-order valence-electron chi connectivity index (χ1n) is 10.9. The molecule has 0 amide bonds. The van der Waals surface area contributed by atoms with Crippen molar-refractivity contribution in [1.29, 1.82) is 0 Å². The van der Waals surface area contributed by atoms with Gasteiger partial charge in [0.15, 0.2) is 0 Å². The molecular weight excluding hydrogens is 458 g/mol. The third-order valence-corrected chi connectivity index (χ3v) is 39.1. The molecule has 0 saturated heterocycles. The fourth-order valence-corrected chi connectivity index (χ4v) is 48.9. The van der Waals surface area contributed by atoms with E-state index in [1.54, 1.807) is 0 Å². The molecule has 0 atom stereocenters. The van der Waals surface area contributed by atoms with Gasteiger partial charge in [-0.15, -0.1) is 0 Å². The topological polar surface area (TPSA) is 9.72 Å². The van der Waals surface area contributed by atoms with Crippen LogP contribution in [0.15, 0.2) is 0 Å². The number of nitrogens with zero attached hydrogens (tertiary/aromatic N) is 3. The lowest BCUT2D eigenvalue weighted by atomic mass is 11.8. The molecule has 0 saturated carbocycles. The van der Waals surface area contributed by atoms with E-state index in [2.05, 4.69) is 130 Å². The maximum absolute atomic E-state index is 3.21. The third kappa shape index (κ3) is 7.94. The Labute approximate surface area is 187 Å². The molecule has 3 nitrogen and oxygen atoms in total. The van der Waals surface area contributed by atoms with E-state index in [0.717, 1.165) is 0 Å². The van der Waals surface area contributed by atoms with E-state index in [9.17, 15) is 0 Å². The fourth-order valence-electron chi connectivity index (χ4n) is 4.90. The van der Waals surface area contributed by atoms with E-state index < -0.39 is 57.8 Å². The molecule has 0 heterocycles. The number of hydrogen-bond donors (Lipinski definition) is 0. The van der Waals surface area contributed by atoms with Crippen LogP contribution in [0.3, 0.4) is 0 Å². The molecule has 0 N–H and O–H groups in total. The molecule has 10 heteroatoms. The van der Waals surface area contributed by atoms with Crippen LogP contribution in [-0.4, -0.2) is 61.4 Å². The van der Waals surface area contributed by atoms with Crippen LogP contribution in [0.5, 0.6) is 0 Å². The van der Waals surface area contributed by atoms with Crippen LogP contribution >= 0.6 is 8.37 Å². The normalized spacial score (nSPS) is 16.1. The second-order valence-corrected chi connectivity index (χ2v) is 48.3. The highest BCUT2D eigenvalue weighted by Gasteiger charge is 2.54. The first kappa shape index (κ1) is 29.6. The lowest BCUT2D eigenvalue weighted by Crippen LogP contribution is -2.70. The molecule has 0 aliphatic rings. The Kier molecular flexibility index (Phi) is 9.37. The Bertz CT molecular complexity index is 400. The second kappa shape index (κ2) is 8.86. The largest absolute Gasteiger partial charge is 0.302 e. The lowest BCUT2D eigenvalue weighted by molar-refractivity contribution is 0.772. The summed E-state index contributed by atoms with van der Waals surface area (Å²) in [5.74, 6) is 0. The maximum atomic E-state index is 3.21. The van der Waals surface area contributed by atoms with E-state index >= 15 is 0 Å². The van der Waals surface area contributed by atoms with E-state index in [1.165, 1.54) is 0 Å². The number of rotatable bonds is 9. The zero-order valence-electron chi connectivity index (χ0n) is 22.8. The van der Waals surface area contributed by atoms with Crippen molar-refractivity contribution in [2.24, 2.45) is 0 Å². The van der Waals surface area contributed by atoms with E-state index in [4.69, 9.17) is 0 Å². The van der Waals surface area contributed by atoms with Crippen LogP contribution in [0.2, 0.25) is 118 Å². The average Bonchev–Trinajstić information content (AvgIpc) is 2.13. The van der Waals surface area contributed by atoms with Crippen LogP contribution in [0.25, 0.3) is 0 Å². The predicted octanol–water partition coefficient (Wildman–Crippen LogP) is 8.13. The quantitative estimate of drug-likeness (QED) is 0.228. The van der Waals surface area contributed by atoms with Gasteiger partial charge in [0, 0.05) is 0 Å². The molecule has 0 rings (SSSR count). The summed E-state index contributed by atoms with van der Waals surface area (Å²) in [5.41, 5.74) is 0. The first-order valence-corrected chi connectivity index (χ1v) is 32.8. The lowest BCUT2D eigenvalue weighted by Gasteiger charge is -2.64. The molecule has 0 spiro atoms. The predicted molar refractivity (Wildman–Crippen MR) is 153 cm³/mol. The van der Waals surface area contributed by atoms with Gasteiger partial charge >= 0.3 is 0 Å². The van der Waals surface area contributed by atoms with Gasteiger partial charge in [-0.25, -0.2) is 0 Å². The smallest absolute Gasteiger partial charge is 0.118 e. The van der Waals surface area contributed by atoms with Crippen molar-refractivity contribution in [3.05, 3.63) is 0 Å². The number of hydrogen-bond acceptors (Lipinski definition) is 3. The SMILES string of the molecule is C[Si](C)(C)N(P(N([Si](C)(C)C)[Si](C)(C)C)N([Si](C)(C)C)[Si](C)(C)C)[Si](C)(C)C. The van der Waals surface area contributed by atoms with E-state index in [-0.39, 0.29) is 0 Å². The van der Waals surface area contributed by atoms with Crippen molar-refractivity contribution >= 4 is 57.8 Å². The monoisotopic (exact) mass is 511 g/mol. The van der Waals surface area contributed by atoms with E-state index in [1.807, 2.05) is 0 Å². The van der Waals surface area contributed by atoms with Crippen LogP contribution in [-0.2, 0) is 0 Å².